The maximum Gasteiger partial charge on any atom is 0.420 e. The summed E-state index contributed by atoms with van der Waals surface area (Å²) in [5.74, 6) is -1.22. The normalized spacial score (nSPS) is 16.5. The summed E-state index contributed by atoms with van der Waals surface area (Å²) >= 11 is 0. The number of hydrogen-bond acceptors (Lipinski definition) is 3. The second-order valence-corrected chi connectivity index (χ2v) is 6.57. The van der Waals surface area contributed by atoms with Crippen LogP contribution in [0, 0.1) is 5.82 Å². The minimum Gasteiger partial charge on any atom is -0.496 e. The Labute approximate surface area is 159 Å². The van der Waals surface area contributed by atoms with E-state index in [0.717, 1.165) is 19.2 Å². The number of alkyl halides is 3. The van der Waals surface area contributed by atoms with Crippen LogP contribution in [0.4, 0.5) is 23.2 Å². The number of carbonyl (C=O) groups is 1. The summed E-state index contributed by atoms with van der Waals surface area (Å²) < 4.78 is 63.1. The van der Waals surface area contributed by atoms with Crippen LogP contribution in [0.25, 0.3) is 0 Å². The van der Waals surface area contributed by atoms with Crippen molar-refractivity contribution in [1.29, 1.82) is 0 Å². The highest BCUT2D eigenvalue weighted by molar-refractivity contribution is 5.99. The first-order chi connectivity index (χ1) is 13.3. The van der Waals surface area contributed by atoms with Gasteiger partial charge in [0.2, 0.25) is 5.91 Å². The molecule has 2 aromatic rings. The molecule has 0 bridgehead atoms. The molecule has 3 rings (SSSR count). The van der Waals surface area contributed by atoms with Gasteiger partial charge in [0.1, 0.15) is 11.6 Å². The zero-order valence-corrected chi connectivity index (χ0v) is 15.1. The number of ether oxygens (including phenoxy) is 2. The minimum absolute atomic E-state index is 0.00565. The summed E-state index contributed by atoms with van der Waals surface area (Å²) in [5, 5.41) is 2.59. The van der Waals surface area contributed by atoms with Gasteiger partial charge < -0.3 is 14.8 Å². The smallest absolute Gasteiger partial charge is 0.420 e. The van der Waals surface area contributed by atoms with Crippen molar-refractivity contribution in [2.75, 3.05) is 25.6 Å². The molecule has 1 amide bonds. The molecule has 0 radical (unpaired) electrons. The van der Waals surface area contributed by atoms with Crippen molar-refractivity contribution in [3.05, 3.63) is 59.4 Å². The van der Waals surface area contributed by atoms with Crippen LogP contribution in [0.1, 0.15) is 24.0 Å². The molecule has 0 saturated carbocycles. The predicted octanol–water partition coefficient (Wildman–Crippen LogP) is 4.54. The lowest BCUT2D eigenvalue weighted by Crippen LogP contribution is -2.44. The van der Waals surface area contributed by atoms with Gasteiger partial charge in [-0.05, 0) is 48.7 Å². The summed E-state index contributed by atoms with van der Waals surface area (Å²) in [7, 11) is 1.15. The summed E-state index contributed by atoms with van der Waals surface area (Å²) in [4.78, 5) is 13.1. The summed E-state index contributed by atoms with van der Waals surface area (Å²) in [6.07, 6.45) is -3.95. The van der Waals surface area contributed by atoms with Crippen molar-refractivity contribution in [2.45, 2.75) is 24.4 Å². The van der Waals surface area contributed by atoms with Gasteiger partial charge in [-0.25, -0.2) is 4.39 Å². The van der Waals surface area contributed by atoms with E-state index in [-0.39, 0.29) is 11.4 Å². The van der Waals surface area contributed by atoms with Crippen molar-refractivity contribution in [3.8, 4) is 5.75 Å². The van der Waals surface area contributed by atoms with Gasteiger partial charge >= 0.3 is 6.18 Å². The van der Waals surface area contributed by atoms with Crippen molar-refractivity contribution in [2.24, 2.45) is 0 Å². The van der Waals surface area contributed by atoms with Crippen LogP contribution in [0.15, 0.2) is 42.5 Å². The number of methoxy groups -OCH3 is 1. The van der Waals surface area contributed by atoms with Gasteiger partial charge in [-0.2, -0.15) is 13.2 Å². The molecule has 1 fully saturated rings. The van der Waals surface area contributed by atoms with Crippen LogP contribution in [0.3, 0.4) is 0 Å². The number of anilines is 1. The van der Waals surface area contributed by atoms with E-state index in [1.54, 1.807) is 0 Å². The van der Waals surface area contributed by atoms with Crippen LogP contribution in [0.5, 0.6) is 5.75 Å². The largest absolute Gasteiger partial charge is 0.496 e. The van der Waals surface area contributed by atoms with E-state index in [4.69, 9.17) is 9.47 Å². The second-order valence-electron chi connectivity index (χ2n) is 6.57. The predicted molar refractivity (Wildman–Crippen MR) is 94.8 cm³/mol. The van der Waals surface area contributed by atoms with Crippen LogP contribution >= 0.6 is 0 Å². The third-order valence-electron chi connectivity index (χ3n) is 4.94. The maximum absolute atomic E-state index is 13.3. The average Bonchev–Trinajstić information content (AvgIpc) is 2.68. The maximum atomic E-state index is 13.3. The molecule has 0 spiro atoms. The highest BCUT2D eigenvalue weighted by Crippen LogP contribution is 2.39. The van der Waals surface area contributed by atoms with E-state index in [1.807, 2.05) is 0 Å². The zero-order chi connectivity index (χ0) is 20.4. The standard InChI is InChI=1S/C20H19F4NO3/c1-27-17-7-6-15(12-16(17)20(22,23)24)25-18(26)19(8-10-28-11-9-19)13-2-4-14(21)5-3-13/h2-7,12H,8-11H2,1H3,(H,25,26). The molecule has 0 aromatic heterocycles. The van der Waals surface area contributed by atoms with Crippen LogP contribution < -0.4 is 10.1 Å². The Balaban J connectivity index is 1.94. The Hall–Kier alpha value is -2.61. The highest BCUT2D eigenvalue weighted by atomic mass is 19.4. The molecule has 0 atom stereocenters. The highest BCUT2D eigenvalue weighted by Gasteiger charge is 2.42. The third kappa shape index (κ3) is 3.96. The van der Waals surface area contributed by atoms with Crippen molar-refractivity contribution in [3.63, 3.8) is 0 Å². The van der Waals surface area contributed by atoms with Crippen molar-refractivity contribution in [1.82, 2.24) is 0 Å². The number of amides is 1. The average molecular weight is 397 g/mol. The summed E-state index contributed by atoms with van der Waals surface area (Å²) in [6.45, 7) is 0.641. The van der Waals surface area contributed by atoms with Crippen LogP contribution in [0.2, 0.25) is 0 Å². The molecule has 1 aliphatic heterocycles. The molecule has 8 heteroatoms. The van der Waals surface area contributed by atoms with Crippen LogP contribution in [-0.4, -0.2) is 26.2 Å². The Kier molecular flexibility index (Phi) is 5.60. The number of carbonyl (C=O) groups excluding carboxylic acids is 1. The Morgan fingerprint density at radius 3 is 2.32 bits per heavy atom. The molecule has 150 valence electrons. The topological polar surface area (TPSA) is 47.6 Å². The molecule has 4 nitrogen and oxygen atoms in total. The molecule has 0 aliphatic carbocycles. The lowest BCUT2D eigenvalue weighted by Gasteiger charge is -2.36. The monoisotopic (exact) mass is 397 g/mol. The summed E-state index contributed by atoms with van der Waals surface area (Å²) in [6, 6.07) is 8.92. The molecule has 1 aliphatic rings. The quantitative estimate of drug-likeness (QED) is 0.771. The van der Waals surface area contributed by atoms with E-state index in [0.29, 0.717) is 31.6 Å². The Morgan fingerprint density at radius 2 is 1.75 bits per heavy atom. The molecule has 0 unspecified atom stereocenters. The Morgan fingerprint density at radius 1 is 1.11 bits per heavy atom. The van der Waals surface area contributed by atoms with Crippen molar-refractivity contribution >= 4 is 11.6 Å². The van der Waals surface area contributed by atoms with Gasteiger partial charge in [0.05, 0.1) is 18.1 Å². The van der Waals surface area contributed by atoms with E-state index < -0.39 is 28.9 Å². The molecule has 2 aromatic carbocycles. The van der Waals surface area contributed by atoms with Gasteiger partial charge in [-0.3, -0.25) is 4.79 Å². The summed E-state index contributed by atoms with van der Waals surface area (Å²) in [5.41, 5.74) is -1.38. The van der Waals surface area contributed by atoms with E-state index in [2.05, 4.69) is 5.32 Å². The molecule has 28 heavy (non-hydrogen) atoms. The van der Waals surface area contributed by atoms with Crippen LogP contribution in [-0.2, 0) is 21.1 Å². The first-order valence-electron chi connectivity index (χ1n) is 8.67. The van der Waals surface area contributed by atoms with Gasteiger partial charge in [-0.1, -0.05) is 12.1 Å². The SMILES string of the molecule is COc1ccc(NC(=O)C2(c3ccc(F)cc3)CCOCC2)cc1C(F)(F)F. The molecule has 1 heterocycles. The number of benzene rings is 2. The third-order valence-corrected chi connectivity index (χ3v) is 4.94. The molecule has 1 N–H and O–H groups in total. The zero-order valence-electron chi connectivity index (χ0n) is 15.1. The van der Waals surface area contributed by atoms with E-state index >= 15 is 0 Å². The fourth-order valence-corrected chi connectivity index (χ4v) is 3.39. The lowest BCUT2D eigenvalue weighted by molar-refractivity contribution is -0.138. The second kappa shape index (κ2) is 7.79. The first kappa shape index (κ1) is 20.1. The fourth-order valence-electron chi connectivity index (χ4n) is 3.39. The van der Waals surface area contributed by atoms with Gasteiger partial charge in [0.15, 0.2) is 0 Å². The lowest BCUT2D eigenvalue weighted by atomic mass is 9.73. The molecular weight excluding hydrogens is 378 g/mol. The van der Waals surface area contributed by atoms with Gasteiger partial charge in [0.25, 0.3) is 0 Å². The first-order valence-corrected chi connectivity index (χ1v) is 8.67. The van der Waals surface area contributed by atoms with Gasteiger partial charge in [-0.15, -0.1) is 0 Å². The molecule has 1 saturated heterocycles. The minimum atomic E-state index is -4.63. The number of hydrogen-bond donors (Lipinski definition) is 1. The van der Waals surface area contributed by atoms with Crippen molar-refractivity contribution < 1.29 is 31.8 Å². The number of halogens is 4. The number of nitrogens with one attached hydrogen (secondary N) is 1. The van der Waals surface area contributed by atoms with E-state index in [9.17, 15) is 22.4 Å². The number of rotatable bonds is 4. The molecular formula is C20H19F4NO3. The van der Waals surface area contributed by atoms with Gasteiger partial charge in [0, 0.05) is 18.9 Å². The Bertz CT molecular complexity index is 844. The van der Waals surface area contributed by atoms with E-state index in [1.165, 1.54) is 30.3 Å². The fraction of sp³-hybridized carbons (Fsp3) is 0.350.